The van der Waals surface area contributed by atoms with Crippen molar-refractivity contribution in [1.29, 1.82) is 0 Å². The number of urea groups is 1. The van der Waals surface area contributed by atoms with Crippen LogP contribution in [0.2, 0.25) is 0 Å². The summed E-state index contributed by atoms with van der Waals surface area (Å²) in [5.74, 6) is 0.899. The van der Waals surface area contributed by atoms with Crippen LogP contribution in [0.5, 0.6) is 0 Å². The fourth-order valence-electron chi connectivity index (χ4n) is 5.20. The average molecular weight is 538 g/mol. The number of benzene rings is 2. The Hall–Kier alpha value is -3.37. The zero-order valence-corrected chi connectivity index (χ0v) is 23.3. The first-order valence-electron chi connectivity index (χ1n) is 13.8. The molecule has 0 radical (unpaired) electrons. The highest BCUT2D eigenvalue weighted by Gasteiger charge is 2.23. The largest absolute Gasteiger partial charge is 0.386 e. The normalized spacial score (nSPS) is 17.1. The van der Waals surface area contributed by atoms with E-state index in [-0.39, 0.29) is 17.9 Å². The Morgan fingerprint density at radius 1 is 1.23 bits per heavy atom. The molecule has 9 nitrogen and oxygen atoms in total. The van der Waals surface area contributed by atoms with Gasteiger partial charge in [-0.25, -0.2) is 13.9 Å². The number of tetrazole rings is 1. The Morgan fingerprint density at radius 2 is 2.00 bits per heavy atom. The quantitative estimate of drug-likeness (QED) is 0.352. The van der Waals surface area contributed by atoms with E-state index >= 15 is 0 Å². The number of likely N-dealkylation sites (tertiary alicyclic amines) is 1. The maximum Gasteiger partial charge on any atom is 0.319 e. The van der Waals surface area contributed by atoms with Crippen molar-refractivity contribution in [2.24, 2.45) is 13.0 Å². The molecule has 0 spiro atoms. The molecule has 1 aliphatic rings. The van der Waals surface area contributed by atoms with Crippen LogP contribution in [0.1, 0.15) is 57.6 Å². The van der Waals surface area contributed by atoms with E-state index in [1.807, 2.05) is 18.2 Å². The Labute approximate surface area is 229 Å². The van der Waals surface area contributed by atoms with Crippen molar-refractivity contribution >= 4 is 11.7 Å². The number of aliphatic hydroxyl groups is 1. The Bertz CT molecular complexity index is 1240. The summed E-state index contributed by atoms with van der Waals surface area (Å²) in [6, 6.07) is 12.0. The van der Waals surface area contributed by atoms with Crippen LogP contribution in [0.25, 0.3) is 11.4 Å². The second-order valence-corrected chi connectivity index (χ2v) is 11.1. The van der Waals surface area contributed by atoms with Crippen LogP contribution in [0.15, 0.2) is 42.5 Å². The number of anilines is 1. The van der Waals surface area contributed by atoms with Crippen molar-refractivity contribution in [2.75, 3.05) is 25.0 Å². The fourth-order valence-corrected chi connectivity index (χ4v) is 5.20. The number of carbonyl (C=O) groups is 1. The van der Waals surface area contributed by atoms with Gasteiger partial charge in [0.15, 0.2) is 5.82 Å². The molecule has 0 saturated carbocycles. The molecule has 3 aromatic rings. The summed E-state index contributed by atoms with van der Waals surface area (Å²) in [4.78, 5) is 15.4. The third-order valence-electron chi connectivity index (χ3n) is 7.44. The predicted molar refractivity (Wildman–Crippen MR) is 150 cm³/mol. The minimum atomic E-state index is -1.11. The number of carbonyl (C=O) groups excluding carboxylic acids is 1. The number of aryl methyl sites for hydroxylation is 1. The molecule has 10 heteroatoms. The molecule has 2 heterocycles. The Balaban J connectivity index is 1.33. The number of aromatic nitrogens is 4. The van der Waals surface area contributed by atoms with Crippen LogP contribution in [0, 0.1) is 11.7 Å². The molecule has 1 aromatic heterocycles. The third-order valence-corrected chi connectivity index (χ3v) is 7.44. The van der Waals surface area contributed by atoms with Gasteiger partial charge in [0.2, 0.25) is 0 Å². The summed E-state index contributed by atoms with van der Waals surface area (Å²) >= 11 is 0. The molecular formula is C29H40FN7O2. The molecule has 3 N–H and O–H groups in total. The van der Waals surface area contributed by atoms with Crippen molar-refractivity contribution < 1.29 is 14.3 Å². The number of halogens is 1. The molecule has 39 heavy (non-hydrogen) atoms. The molecule has 1 aliphatic heterocycles. The van der Waals surface area contributed by atoms with Crippen molar-refractivity contribution in [2.45, 2.75) is 64.5 Å². The van der Waals surface area contributed by atoms with Crippen LogP contribution in [0.3, 0.4) is 0 Å². The van der Waals surface area contributed by atoms with E-state index in [4.69, 9.17) is 0 Å². The summed E-state index contributed by atoms with van der Waals surface area (Å²) < 4.78 is 14.8. The van der Waals surface area contributed by atoms with E-state index in [0.717, 1.165) is 45.3 Å². The molecule has 0 unspecified atom stereocenters. The van der Waals surface area contributed by atoms with Crippen molar-refractivity contribution in [1.82, 2.24) is 30.4 Å². The van der Waals surface area contributed by atoms with Gasteiger partial charge in [-0.05, 0) is 110 Å². The van der Waals surface area contributed by atoms with Gasteiger partial charge in [0.25, 0.3) is 0 Å². The highest BCUT2D eigenvalue weighted by molar-refractivity contribution is 5.90. The van der Waals surface area contributed by atoms with E-state index in [1.54, 1.807) is 37.7 Å². The first-order valence-corrected chi connectivity index (χ1v) is 13.8. The third kappa shape index (κ3) is 8.06. The Kier molecular flexibility index (Phi) is 9.29. The monoisotopic (exact) mass is 537 g/mol. The molecule has 2 aromatic carbocycles. The lowest BCUT2D eigenvalue weighted by atomic mass is 9.91. The van der Waals surface area contributed by atoms with Gasteiger partial charge in [-0.1, -0.05) is 19.1 Å². The number of rotatable bonds is 10. The van der Waals surface area contributed by atoms with Gasteiger partial charge in [-0.2, -0.15) is 0 Å². The summed E-state index contributed by atoms with van der Waals surface area (Å²) in [6.45, 7) is 8.46. The molecule has 2 atom stereocenters. The van der Waals surface area contributed by atoms with Crippen molar-refractivity contribution in [3.63, 3.8) is 0 Å². The maximum absolute atomic E-state index is 13.2. The van der Waals surface area contributed by atoms with Crippen molar-refractivity contribution in [3.8, 4) is 11.4 Å². The molecule has 2 amide bonds. The molecule has 1 fully saturated rings. The van der Waals surface area contributed by atoms with Gasteiger partial charge in [0.05, 0.1) is 5.60 Å². The van der Waals surface area contributed by atoms with Gasteiger partial charge in [0, 0.05) is 37.4 Å². The van der Waals surface area contributed by atoms with Crippen molar-refractivity contribution in [3.05, 3.63) is 59.4 Å². The number of hydrogen-bond donors (Lipinski definition) is 3. The minimum Gasteiger partial charge on any atom is -0.386 e. The number of hydrogen-bond acceptors (Lipinski definition) is 6. The second-order valence-electron chi connectivity index (χ2n) is 11.1. The van der Waals surface area contributed by atoms with Crippen LogP contribution >= 0.6 is 0 Å². The van der Waals surface area contributed by atoms with Gasteiger partial charge in [0.1, 0.15) is 5.82 Å². The molecule has 0 aliphatic carbocycles. The topological polar surface area (TPSA) is 108 Å². The van der Waals surface area contributed by atoms with Crippen LogP contribution in [0.4, 0.5) is 14.9 Å². The zero-order chi connectivity index (χ0) is 28.0. The van der Waals surface area contributed by atoms with E-state index in [0.29, 0.717) is 28.6 Å². The molecule has 1 saturated heterocycles. The van der Waals surface area contributed by atoms with E-state index in [9.17, 15) is 14.3 Å². The van der Waals surface area contributed by atoms with E-state index in [2.05, 4.69) is 38.0 Å². The van der Waals surface area contributed by atoms with Crippen LogP contribution < -0.4 is 10.6 Å². The van der Waals surface area contributed by atoms with Gasteiger partial charge in [-0.3, -0.25) is 0 Å². The number of piperidine rings is 1. The smallest absolute Gasteiger partial charge is 0.319 e. The van der Waals surface area contributed by atoms with E-state index in [1.165, 1.54) is 24.1 Å². The highest BCUT2D eigenvalue weighted by atomic mass is 19.1. The van der Waals surface area contributed by atoms with Gasteiger partial charge in [-0.15, -0.1) is 5.10 Å². The second kappa shape index (κ2) is 12.7. The number of nitrogens with zero attached hydrogens (tertiary/aromatic N) is 5. The van der Waals surface area contributed by atoms with Gasteiger partial charge < -0.3 is 20.6 Å². The summed E-state index contributed by atoms with van der Waals surface area (Å²) in [5.41, 5.74) is 1.97. The van der Waals surface area contributed by atoms with E-state index < -0.39 is 5.60 Å². The fraction of sp³-hybridized carbons (Fsp3) is 0.517. The highest BCUT2D eigenvalue weighted by Crippen LogP contribution is 2.29. The predicted octanol–water partition coefficient (Wildman–Crippen LogP) is 4.49. The molecule has 210 valence electrons. The summed E-state index contributed by atoms with van der Waals surface area (Å²) in [6.07, 6.45) is 4.97. The zero-order valence-electron chi connectivity index (χ0n) is 23.3. The maximum atomic E-state index is 13.2. The summed E-state index contributed by atoms with van der Waals surface area (Å²) in [5, 5.41) is 28.3. The lowest BCUT2D eigenvalue weighted by Gasteiger charge is -2.33. The number of amides is 2. The minimum absolute atomic E-state index is 0.0300. The van der Waals surface area contributed by atoms with Crippen LogP contribution in [-0.4, -0.2) is 61.9 Å². The standard InChI is InChI=1S/C29H40FN7O2/c1-5-25(12-14-37-13-6-7-21(19-37)15-20-8-10-24(30)11-9-20)31-28(38)32-26-17-22(27-33-34-35-36(27)4)16-23(18-26)29(2,3)39/h8-11,16-18,21,25,39H,5-7,12-15,19H2,1-4H3,(H2,31,32,38)/t21-,25+/m0/s1. The lowest BCUT2D eigenvalue weighted by Crippen LogP contribution is -2.42. The van der Waals surface area contributed by atoms with Gasteiger partial charge >= 0.3 is 6.03 Å². The Morgan fingerprint density at radius 3 is 2.67 bits per heavy atom. The molecule has 0 bridgehead atoms. The number of nitrogens with one attached hydrogen (secondary N) is 2. The molecule has 4 rings (SSSR count). The lowest BCUT2D eigenvalue weighted by molar-refractivity contribution is 0.0787. The molecular weight excluding hydrogens is 497 g/mol. The summed E-state index contributed by atoms with van der Waals surface area (Å²) in [7, 11) is 1.74. The first kappa shape index (κ1) is 28.6. The first-order chi connectivity index (χ1) is 18.6. The SMILES string of the molecule is CC[C@H](CCN1CCC[C@@H](Cc2ccc(F)cc2)C1)NC(=O)Nc1cc(-c2nnnn2C)cc(C(C)(C)O)c1. The average Bonchev–Trinajstić information content (AvgIpc) is 3.33. The van der Waals surface area contributed by atoms with Crippen LogP contribution in [-0.2, 0) is 19.1 Å².